The van der Waals surface area contributed by atoms with Gasteiger partial charge in [0.05, 0.1) is 5.56 Å². The summed E-state index contributed by atoms with van der Waals surface area (Å²) in [5, 5.41) is 0. The molecule has 1 aromatic carbocycles. The first kappa shape index (κ1) is 15.8. The highest BCUT2D eigenvalue weighted by molar-refractivity contribution is 5.91. The zero-order valence-electron chi connectivity index (χ0n) is 12.8. The van der Waals surface area contributed by atoms with Gasteiger partial charge >= 0.3 is 5.97 Å². The molecule has 0 saturated heterocycles. The number of rotatable bonds is 5. The smallest absolute Gasteiger partial charge is 0.379 e. The minimum Gasteiger partial charge on any atom is -0.492 e. The van der Waals surface area contributed by atoms with E-state index in [4.69, 9.17) is 4.74 Å². The zero-order valence-corrected chi connectivity index (χ0v) is 12.8. The maximum Gasteiger partial charge on any atom is 0.379 e. The lowest BCUT2D eigenvalue weighted by atomic mass is 9.95. The van der Waals surface area contributed by atoms with E-state index in [-0.39, 0.29) is 11.6 Å². The Balaban J connectivity index is 2.27. The molecule has 1 aromatic rings. The Morgan fingerprint density at radius 1 is 1.52 bits per heavy atom. The van der Waals surface area contributed by atoms with Gasteiger partial charge < -0.3 is 4.74 Å². The molecular weight excluding hydrogens is 273 g/mol. The lowest BCUT2D eigenvalue weighted by molar-refractivity contribution is -0.0789. The van der Waals surface area contributed by atoms with E-state index in [1.807, 2.05) is 0 Å². The average molecular weight is 295 g/mol. The third kappa shape index (κ3) is 3.35. The SMILES string of the molecule is CCCN(C(C)C)[C@H]1COc2cccc(C(=O)OF)c2C1. The molecule has 1 atom stereocenters. The summed E-state index contributed by atoms with van der Waals surface area (Å²) in [5.41, 5.74) is 0.984. The van der Waals surface area contributed by atoms with E-state index in [2.05, 4.69) is 30.6 Å². The van der Waals surface area contributed by atoms with Gasteiger partial charge in [-0.3, -0.25) is 4.90 Å². The second-order valence-corrected chi connectivity index (χ2v) is 5.65. The van der Waals surface area contributed by atoms with Crippen molar-refractivity contribution in [3.8, 4) is 5.75 Å². The van der Waals surface area contributed by atoms with Crippen LogP contribution in [0.1, 0.15) is 43.1 Å². The minimum atomic E-state index is -0.956. The van der Waals surface area contributed by atoms with E-state index < -0.39 is 5.97 Å². The monoisotopic (exact) mass is 295 g/mol. The third-order valence-electron chi connectivity index (χ3n) is 3.91. The molecule has 0 aromatic heterocycles. The van der Waals surface area contributed by atoms with Gasteiger partial charge in [0.15, 0.2) is 0 Å². The molecule has 116 valence electrons. The number of ether oxygens (including phenoxy) is 1. The van der Waals surface area contributed by atoms with Gasteiger partial charge in [0.1, 0.15) is 12.4 Å². The van der Waals surface area contributed by atoms with E-state index in [0.29, 0.717) is 24.8 Å². The highest BCUT2D eigenvalue weighted by Crippen LogP contribution is 2.30. The predicted octanol–water partition coefficient (Wildman–Crippen LogP) is 3.15. The van der Waals surface area contributed by atoms with Crippen molar-refractivity contribution in [2.24, 2.45) is 0 Å². The fraction of sp³-hybridized carbons (Fsp3) is 0.562. The molecule has 21 heavy (non-hydrogen) atoms. The lowest BCUT2D eigenvalue weighted by Crippen LogP contribution is -2.47. The van der Waals surface area contributed by atoms with E-state index in [0.717, 1.165) is 18.5 Å². The van der Waals surface area contributed by atoms with Gasteiger partial charge in [0.2, 0.25) is 0 Å². The van der Waals surface area contributed by atoms with Crippen LogP contribution >= 0.6 is 0 Å². The van der Waals surface area contributed by atoms with Gasteiger partial charge in [-0.05, 0) is 45.4 Å². The normalized spacial score (nSPS) is 17.5. The van der Waals surface area contributed by atoms with Crippen molar-refractivity contribution < 1.29 is 19.0 Å². The van der Waals surface area contributed by atoms with Gasteiger partial charge in [0, 0.05) is 22.2 Å². The Labute approximate surface area is 124 Å². The van der Waals surface area contributed by atoms with Crippen molar-refractivity contribution in [3.63, 3.8) is 0 Å². The topological polar surface area (TPSA) is 38.8 Å². The number of fused-ring (bicyclic) bond motifs is 1. The van der Waals surface area contributed by atoms with Crippen LogP contribution in [-0.4, -0.2) is 36.1 Å². The standard InChI is InChI=1S/C16H22FNO3/c1-4-8-18(11(2)3)12-9-14-13(16(19)21-17)6-5-7-15(14)20-10-12/h5-7,11-12H,4,8-10H2,1-3H3/t12-/m1/s1. The number of carbonyl (C=O) groups excluding carboxylic acids is 1. The molecule has 0 bridgehead atoms. The van der Waals surface area contributed by atoms with Gasteiger partial charge in [-0.2, -0.15) is 0 Å². The molecule has 0 spiro atoms. The van der Waals surface area contributed by atoms with Crippen molar-refractivity contribution >= 4 is 5.97 Å². The number of halogens is 1. The molecule has 0 amide bonds. The Morgan fingerprint density at radius 3 is 2.90 bits per heavy atom. The number of nitrogens with zero attached hydrogens (tertiary/aromatic N) is 1. The van der Waals surface area contributed by atoms with Crippen molar-refractivity contribution in [3.05, 3.63) is 29.3 Å². The molecule has 1 aliphatic heterocycles. The Hall–Kier alpha value is -1.62. The van der Waals surface area contributed by atoms with Gasteiger partial charge in [-0.25, -0.2) is 9.74 Å². The Kier molecular flexibility index (Phi) is 5.17. The van der Waals surface area contributed by atoms with Crippen molar-refractivity contribution in [1.29, 1.82) is 0 Å². The summed E-state index contributed by atoms with van der Waals surface area (Å²) >= 11 is 0. The van der Waals surface area contributed by atoms with Crippen LogP contribution in [0.25, 0.3) is 0 Å². The molecule has 0 N–H and O–H groups in total. The fourth-order valence-electron chi connectivity index (χ4n) is 2.96. The van der Waals surface area contributed by atoms with Gasteiger partial charge in [0.25, 0.3) is 0 Å². The van der Waals surface area contributed by atoms with Crippen LogP contribution in [0, 0.1) is 0 Å². The maximum absolute atomic E-state index is 12.2. The average Bonchev–Trinajstić information content (AvgIpc) is 2.50. The highest BCUT2D eigenvalue weighted by atomic mass is 19.3. The summed E-state index contributed by atoms with van der Waals surface area (Å²) in [6, 6.07) is 5.63. The second-order valence-electron chi connectivity index (χ2n) is 5.65. The minimum absolute atomic E-state index is 0.186. The maximum atomic E-state index is 12.2. The highest BCUT2D eigenvalue weighted by Gasteiger charge is 2.30. The molecule has 5 heteroatoms. The van der Waals surface area contributed by atoms with Crippen LogP contribution < -0.4 is 4.74 Å². The predicted molar refractivity (Wildman–Crippen MR) is 78.1 cm³/mol. The van der Waals surface area contributed by atoms with Crippen LogP contribution in [0.2, 0.25) is 0 Å². The summed E-state index contributed by atoms with van der Waals surface area (Å²) in [5.74, 6) is -0.308. The fourth-order valence-corrected chi connectivity index (χ4v) is 2.96. The molecular formula is C16H22FNO3. The van der Waals surface area contributed by atoms with E-state index in [1.54, 1.807) is 18.2 Å². The summed E-state index contributed by atoms with van der Waals surface area (Å²) in [6.07, 6.45) is 1.72. The van der Waals surface area contributed by atoms with Crippen molar-refractivity contribution in [1.82, 2.24) is 4.90 Å². The lowest BCUT2D eigenvalue weighted by Gasteiger charge is -2.37. The first-order valence-corrected chi connectivity index (χ1v) is 7.41. The molecule has 0 unspecified atom stereocenters. The quantitative estimate of drug-likeness (QED) is 0.836. The molecule has 1 aliphatic rings. The number of hydrogen-bond donors (Lipinski definition) is 0. The molecule has 0 fully saturated rings. The van der Waals surface area contributed by atoms with Crippen LogP contribution in [0.3, 0.4) is 0 Å². The first-order valence-electron chi connectivity index (χ1n) is 7.41. The van der Waals surface area contributed by atoms with Crippen molar-refractivity contribution in [2.75, 3.05) is 13.2 Å². The van der Waals surface area contributed by atoms with E-state index in [1.165, 1.54) is 0 Å². The number of hydrogen-bond acceptors (Lipinski definition) is 4. The summed E-state index contributed by atoms with van der Waals surface area (Å²) < 4.78 is 18.0. The summed E-state index contributed by atoms with van der Waals surface area (Å²) in [6.45, 7) is 7.98. The van der Waals surface area contributed by atoms with Crippen molar-refractivity contribution in [2.45, 2.75) is 45.7 Å². The summed E-state index contributed by atoms with van der Waals surface area (Å²) in [4.78, 5) is 17.3. The molecule has 2 rings (SSSR count). The molecule has 1 heterocycles. The molecule has 0 radical (unpaired) electrons. The van der Waals surface area contributed by atoms with E-state index in [9.17, 15) is 9.32 Å². The van der Waals surface area contributed by atoms with Crippen LogP contribution in [-0.2, 0) is 11.4 Å². The second kappa shape index (κ2) is 6.89. The van der Waals surface area contributed by atoms with Gasteiger partial charge in [-0.15, -0.1) is 0 Å². The Morgan fingerprint density at radius 2 is 2.29 bits per heavy atom. The zero-order chi connectivity index (χ0) is 15.4. The third-order valence-corrected chi connectivity index (χ3v) is 3.91. The number of carbonyl (C=O) groups is 1. The first-order chi connectivity index (χ1) is 10.1. The Bertz CT molecular complexity index is 504. The molecule has 4 nitrogen and oxygen atoms in total. The number of benzene rings is 1. The molecule has 0 aliphatic carbocycles. The largest absolute Gasteiger partial charge is 0.492 e. The van der Waals surface area contributed by atoms with E-state index >= 15 is 0 Å². The van der Waals surface area contributed by atoms with Crippen LogP contribution in [0.4, 0.5) is 4.53 Å². The van der Waals surface area contributed by atoms with Gasteiger partial charge in [-0.1, -0.05) is 13.0 Å². The van der Waals surface area contributed by atoms with Crippen LogP contribution in [0.15, 0.2) is 18.2 Å². The summed E-state index contributed by atoms with van der Waals surface area (Å²) in [7, 11) is 0. The molecule has 0 saturated carbocycles. The van der Waals surface area contributed by atoms with Crippen LogP contribution in [0.5, 0.6) is 5.75 Å².